The van der Waals surface area contributed by atoms with Gasteiger partial charge in [-0.1, -0.05) is 55.6 Å². The summed E-state index contributed by atoms with van der Waals surface area (Å²) < 4.78 is 6.34. The van der Waals surface area contributed by atoms with Gasteiger partial charge in [-0.3, -0.25) is 0 Å². The Morgan fingerprint density at radius 1 is 0.952 bits per heavy atom. The van der Waals surface area contributed by atoms with Crippen molar-refractivity contribution in [3.8, 4) is 11.6 Å². The van der Waals surface area contributed by atoms with Gasteiger partial charge >= 0.3 is 0 Å². The molecule has 1 aromatic heterocycles. The van der Waals surface area contributed by atoms with Crippen LogP contribution in [0.2, 0.25) is 15.1 Å². The van der Waals surface area contributed by atoms with E-state index in [0.717, 1.165) is 0 Å². The van der Waals surface area contributed by atoms with E-state index in [4.69, 9.17) is 39.5 Å². The first-order chi connectivity index (χ1) is 9.66. The molecule has 0 N–H and O–H groups in total. The van der Waals surface area contributed by atoms with E-state index in [9.17, 15) is 0 Å². The van der Waals surface area contributed by atoms with Crippen LogP contribution in [0.15, 0.2) is 22.8 Å². The SMILES string of the molecule is CC(C)(C)c1nc(Br)cc(Oc2cc(Cl)c(Cl)cc2Cl)n1. The molecular weight excluding hydrogens is 398 g/mol. The van der Waals surface area contributed by atoms with Crippen LogP contribution >= 0.6 is 50.7 Å². The minimum absolute atomic E-state index is 0.205. The van der Waals surface area contributed by atoms with Crippen molar-refractivity contribution < 1.29 is 4.74 Å². The molecule has 1 heterocycles. The van der Waals surface area contributed by atoms with Gasteiger partial charge in [0.05, 0.1) is 15.1 Å². The van der Waals surface area contributed by atoms with Crippen LogP contribution in [-0.4, -0.2) is 9.97 Å². The molecule has 0 bridgehead atoms. The highest BCUT2D eigenvalue weighted by molar-refractivity contribution is 9.10. The van der Waals surface area contributed by atoms with Gasteiger partial charge in [0.2, 0.25) is 5.88 Å². The first-order valence-electron chi connectivity index (χ1n) is 6.04. The van der Waals surface area contributed by atoms with E-state index in [2.05, 4.69) is 25.9 Å². The van der Waals surface area contributed by atoms with Gasteiger partial charge in [0.25, 0.3) is 0 Å². The molecule has 7 heteroatoms. The molecule has 0 saturated heterocycles. The Labute approximate surface area is 146 Å². The largest absolute Gasteiger partial charge is 0.437 e. The van der Waals surface area contributed by atoms with Crippen LogP contribution in [0, 0.1) is 0 Å². The average molecular weight is 411 g/mol. The van der Waals surface area contributed by atoms with Gasteiger partial charge in [0, 0.05) is 17.5 Å². The molecule has 2 rings (SSSR count). The van der Waals surface area contributed by atoms with E-state index in [1.165, 1.54) is 6.07 Å². The molecule has 0 unspecified atom stereocenters. The van der Waals surface area contributed by atoms with E-state index in [0.29, 0.717) is 37.1 Å². The minimum Gasteiger partial charge on any atom is -0.437 e. The number of nitrogens with zero attached hydrogens (tertiary/aromatic N) is 2. The molecular formula is C14H12BrCl3N2O. The maximum Gasteiger partial charge on any atom is 0.223 e. The summed E-state index contributed by atoms with van der Waals surface area (Å²) in [6.07, 6.45) is 0. The number of aromatic nitrogens is 2. The zero-order chi connectivity index (χ0) is 15.8. The third kappa shape index (κ3) is 4.22. The number of ether oxygens (including phenoxy) is 1. The van der Waals surface area contributed by atoms with Gasteiger partial charge < -0.3 is 4.74 Å². The summed E-state index contributed by atoms with van der Waals surface area (Å²) in [5, 5.41) is 1.09. The molecule has 1 aromatic carbocycles. The smallest absolute Gasteiger partial charge is 0.223 e. The first-order valence-corrected chi connectivity index (χ1v) is 7.97. The Hall–Kier alpha value is -0.550. The summed E-state index contributed by atoms with van der Waals surface area (Å²) in [7, 11) is 0. The summed E-state index contributed by atoms with van der Waals surface area (Å²) >= 11 is 21.3. The topological polar surface area (TPSA) is 35.0 Å². The fourth-order valence-corrected chi connectivity index (χ4v) is 2.42. The normalized spacial score (nSPS) is 11.6. The summed E-state index contributed by atoms with van der Waals surface area (Å²) in [6.45, 7) is 6.06. The standard InChI is InChI=1S/C14H12BrCl3N2O/c1-14(2,3)13-19-11(15)6-12(20-13)21-10-5-8(17)7(16)4-9(10)18/h4-6H,1-3H3. The van der Waals surface area contributed by atoms with Gasteiger partial charge in [-0.2, -0.15) is 4.98 Å². The van der Waals surface area contributed by atoms with Crippen LogP contribution in [0.4, 0.5) is 0 Å². The number of halogens is 4. The highest BCUT2D eigenvalue weighted by Crippen LogP contribution is 2.36. The zero-order valence-corrected chi connectivity index (χ0v) is 15.4. The van der Waals surface area contributed by atoms with Crippen LogP contribution in [0.5, 0.6) is 11.6 Å². The predicted molar refractivity (Wildman–Crippen MR) is 90.0 cm³/mol. The first kappa shape index (κ1) is 16.8. The number of rotatable bonds is 2. The van der Waals surface area contributed by atoms with Crippen LogP contribution in [0.25, 0.3) is 0 Å². The molecule has 0 aliphatic rings. The number of hydrogen-bond acceptors (Lipinski definition) is 3. The van der Waals surface area contributed by atoms with Crippen LogP contribution in [0.3, 0.4) is 0 Å². The van der Waals surface area contributed by atoms with Crippen LogP contribution in [-0.2, 0) is 5.41 Å². The lowest BCUT2D eigenvalue weighted by Crippen LogP contribution is -2.16. The van der Waals surface area contributed by atoms with Gasteiger partial charge in [-0.25, -0.2) is 4.98 Å². The number of benzene rings is 1. The Morgan fingerprint density at radius 3 is 2.19 bits per heavy atom. The molecule has 112 valence electrons. The van der Waals surface area contributed by atoms with Crippen molar-refractivity contribution in [1.29, 1.82) is 0 Å². The zero-order valence-electron chi connectivity index (χ0n) is 11.5. The van der Waals surface area contributed by atoms with Crippen LogP contribution < -0.4 is 4.74 Å². The quantitative estimate of drug-likeness (QED) is 0.431. The predicted octanol–water partition coefficient (Wildman–Crippen LogP) is 6.29. The lowest BCUT2D eigenvalue weighted by atomic mass is 9.96. The molecule has 0 spiro atoms. The van der Waals surface area contributed by atoms with Crippen molar-refractivity contribution >= 4 is 50.7 Å². The Bertz CT molecular complexity index is 687. The van der Waals surface area contributed by atoms with Crippen molar-refractivity contribution in [2.75, 3.05) is 0 Å². The third-order valence-electron chi connectivity index (χ3n) is 2.53. The van der Waals surface area contributed by atoms with Crippen molar-refractivity contribution in [2.24, 2.45) is 0 Å². The maximum atomic E-state index is 6.10. The van der Waals surface area contributed by atoms with Gasteiger partial charge in [-0.15, -0.1) is 0 Å². The maximum absolute atomic E-state index is 6.10. The van der Waals surface area contributed by atoms with Crippen LogP contribution in [0.1, 0.15) is 26.6 Å². The van der Waals surface area contributed by atoms with E-state index >= 15 is 0 Å². The molecule has 3 nitrogen and oxygen atoms in total. The molecule has 0 amide bonds. The molecule has 0 radical (unpaired) electrons. The van der Waals surface area contributed by atoms with Crippen molar-refractivity contribution in [2.45, 2.75) is 26.2 Å². The van der Waals surface area contributed by atoms with E-state index in [1.807, 2.05) is 20.8 Å². The summed E-state index contributed by atoms with van der Waals surface area (Å²) in [6, 6.07) is 4.74. The molecule has 0 aliphatic heterocycles. The lowest BCUT2D eigenvalue weighted by molar-refractivity contribution is 0.445. The Kier molecular flexibility index (Phi) is 5.03. The number of hydrogen-bond donors (Lipinski definition) is 0. The van der Waals surface area contributed by atoms with Gasteiger partial charge in [0.1, 0.15) is 16.2 Å². The average Bonchev–Trinajstić information content (AvgIpc) is 2.34. The lowest BCUT2D eigenvalue weighted by Gasteiger charge is -2.17. The third-order valence-corrected chi connectivity index (χ3v) is 3.96. The Morgan fingerprint density at radius 2 is 1.57 bits per heavy atom. The van der Waals surface area contributed by atoms with Gasteiger partial charge in [0.15, 0.2) is 0 Å². The summed E-state index contributed by atoms with van der Waals surface area (Å²) in [4.78, 5) is 8.74. The second-order valence-electron chi connectivity index (χ2n) is 5.40. The fraction of sp³-hybridized carbons (Fsp3) is 0.286. The molecule has 0 fully saturated rings. The summed E-state index contributed by atoms with van der Waals surface area (Å²) in [5.74, 6) is 1.42. The van der Waals surface area contributed by atoms with E-state index in [-0.39, 0.29) is 5.41 Å². The summed E-state index contributed by atoms with van der Waals surface area (Å²) in [5.41, 5.74) is -0.205. The Balaban J connectivity index is 2.40. The van der Waals surface area contributed by atoms with Crippen molar-refractivity contribution in [3.63, 3.8) is 0 Å². The minimum atomic E-state index is -0.205. The van der Waals surface area contributed by atoms with Crippen molar-refractivity contribution in [3.05, 3.63) is 43.7 Å². The fourth-order valence-electron chi connectivity index (χ4n) is 1.48. The second kappa shape index (κ2) is 6.29. The van der Waals surface area contributed by atoms with E-state index < -0.39 is 0 Å². The van der Waals surface area contributed by atoms with Gasteiger partial charge in [-0.05, 0) is 22.0 Å². The second-order valence-corrected chi connectivity index (χ2v) is 7.44. The molecule has 0 atom stereocenters. The highest BCUT2D eigenvalue weighted by Gasteiger charge is 2.20. The van der Waals surface area contributed by atoms with E-state index in [1.54, 1.807) is 12.1 Å². The molecule has 2 aromatic rings. The monoisotopic (exact) mass is 408 g/mol. The molecule has 0 saturated carbocycles. The van der Waals surface area contributed by atoms with Crippen molar-refractivity contribution in [1.82, 2.24) is 9.97 Å². The highest BCUT2D eigenvalue weighted by atomic mass is 79.9. The molecule has 21 heavy (non-hydrogen) atoms. The molecule has 0 aliphatic carbocycles.